The van der Waals surface area contributed by atoms with E-state index in [0.717, 1.165) is 28.9 Å². The number of carbonyl (C=O) groups excluding carboxylic acids is 4. The number of hydrogen-bond donors (Lipinski definition) is 8. The number of likely N-dealkylation sites (tertiary alicyclic amines) is 1. The van der Waals surface area contributed by atoms with Crippen LogP contribution in [-0.4, -0.2) is 170 Å². The number of phosphoric acid groups is 1. The highest BCUT2D eigenvalue weighted by molar-refractivity contribution is 8.00. The van der Waals surface area contributed by atoms with Gasteiger partial charge in [-0.1, -0.05) is 85.6 Å². The van der Waals surface area contributed by atoms with Crippen LogP contribution in [0.15, 0.2) is 118 Å². The summed E-state index contributed by atoms with van der Waals surface area (Å²) in [6.45, 7) is 3.87. The number of rotatable bonds is 39. The average molecular weight is 1270 g/mol. The molecule has 4 aromatic carbocycles. The molecule has 0 spiro atoms. The molecule has 3 heterocycles. The fourth-order valence-corrected chi connectivity index (χ4v) is 11.1. The number of phenols is 1. The second kappa shape index (κ2) is 35.7. The minimum Gasteiger partial charge on any atom is -0.504 e. The molecule has 89 heavy (non-hydrogen) atoms. The van der Waals surface area contributed by atoms with Gasteiger partial charge in [-0.3, -0.25) is 33.4 Å². The van der Waals surface area contributed by atoms with Crippen LogP contribution in [0, 0.1) is 0 Å². The molecule has 12 N–H and O–H groups in total. The lowest BCUT2D eigenvalue weighted by Gasteiger charge is -2.33. The highest BCUT2D eigenvalue weighted by atomic mass is 32.2. The van der Waals surface area contributed by atoms with Crippen molar-refractivity contribution in [1.29, 1.82) is 0 Å². The quantitative estimate of drug-likeness (QED) is 0.00880. The van der Waals surface area contributed by atoms with E-state index in [0.29, 0.717) is 119 Å². The van der Waals surface area contributed by atoms with Crippen molar-refractivity contribution in [1.82, 2.24) is 20.2 Å². The molecule has 482 valence electrons. The van der Waals surface area contributed by atoms with Crippen molar-refractivity contribution in [3.63, 3.8) is 0 Å². The smallest absolute Gasteiger partial charge is 0.469 e. The van der Waals surface area contributed by atoms with Gasteiger partial charge in [-0.2, -0.15) is 0 Å². The van der Waals surface area contributed by atoms with Crippen LogP contribution in [0.1, 0.15) is 61.6 Å². The van der Waals surface area contributed by atoms with Crippen molar-refractivity contribution in [2.45, 2.75) is 56.7 Å². The van der Waals surface area contributed by atoms with Crippen molar-refractivity contribution in [2.75, 3.05) is 116 Å². The Labute approximate surface area is 520 Å². The topological polar surface area (TPSA) is 370 Å². The number of para-hydroxylation sites is 1. The lowest BCUT2D eigenvalue weighted by Crippen LogP contribution is -2.39. The van der Waals surface area contributed by atoms with Gasteiger partial charge in [0.05, 0.1) is 126 Å². The first-order chi connectivity index (χ1) is 43.0. The Kier molecular flexibility index (Phi) is 27.7. The molecule has 2 aliphatic rings. The number of nitrogens with zero attached hydrogens (tertiary/aromatic N) is 4. The van der Waals surface area contributed by atoms with Crippen LogP contribution in [0.3, 0.4) is 0 Å². The summed E-state index contributed by atoms with van der Waals surface area (Å²) in [5, 5.41) is 15.9. The second-order valence-corrected chi connectivity index (χ2v) is 23.1. The molecular weight excluding hydrogens is 1190 g/mol. The Bertz CT molecular complexity index is 3320. The van der Waals surface area contributed by atoms with Gasteiger partial charge in [0, 0.05) is 61.3 Å². The second-order valence-electron chi connectivity index (χ2n) is 20.6. The number of nitrogens with one attached hydrogen (secondary N) is 1. The number of unbranched alkanes of at least 4 members (excludes halogenated alkanes) is 3. The lowest BCUT2D eigenvalue weighted by molar-refractivity contribution is -0.138. The molecule has 7 rings (SSSR count). The van der Waals surface area contributed by atoms with E-state index in [1.54, 1.807) is 9.91 Å². The highest BCUT2D eigenvalue weighted by Gasteiger charge is 2.38. The number of phenolic OH excluding ortho intramolecular Hbond substituents is 1. The Morgan fingerprint density at radius 1 is 0.764 bits per heavy atom. The largest absolute Gasteiger partial charge is 0.504 e. The maximum absolute atomic E-state index is 14.0. The first-order valence-electron chi connectivity index (χ1n) is 29.3. The molecule has 1 saturated heterocycles. The zero-order valence-electron chi connectivity index (χ0n) is 49.6. The van der Waals surface area contributed by atoms with Gasteiger partial charge < -0.3 is 79.4 Å². The van der Waals surface area contributed by atoms with Gasteiger partial charge >= 0.3 is 7.82 Å². The first kappa shape index (κ1) is 69.1. The number of fused-ring (bicyclic) bond motifs is 3. The van der Waals surface area contributed by atoms with Gasteiger partial charge in [0.25, 0.3) is 0 Å². The summed E-state index contributed by atoms with van der Waals surface area (Å²) in [7, 11) is -4.48. The van der Waals surface area contributed by atoms with E-state index in [2.05, 4.69) is 9.84 Å². The molecule has 0 saturated carbocycles. The van der Waals surface area contributed by atoms with E-state index in [4.69, 9.17) is 65.8 Å². The molecule has 0 bridgehead atoms. The zero-order chi connectivity index (χ0) is 63.5. The first-order valence-corrected chi connectivity index (χ1v) is 31.8. The highest BCUT2D eigenvalue weighted by Crippen LogP contribution is 2.39. The fraction of sp³-hybridized carbons (Fsp3) is 0.426. The molecule has 0 radical (unpaired) electrons. The molecule has 26 nitrogen and oxygen atoms in total. The predicted molar refractivity (Wildman–Crippen MR) is 335 cm³/mol. The van der Waals surface area contributed by atoms with Crippen LogP contribution in [0.2, 0.25) is 0 Å². The predicted octanol–water partition coefficient (Wildman–Crippen LogP) is 4.54. The van der Waals surface area contributed by atoms with Crippen LogP contribution in [0.5, 0.6) is 11.5 Å². The average Bonchev–Trinajstić information content (AvgIpc) is 1.57. The van der Waals surface area contributed by atoms with E-state index in [-0.39, 0.29) is 117 Å². The number of thioether (sulfide) groups is 1. The molecule has 1 fully saturated rings. The molecule has 2 aliphatic heterocycles. The summed E-state index contributed by atoms with van der Waals surface area (Å²) < 4.78 is 55.5. The Balaban J connectivity index is 0.729. The van der Waals surface area contributed by atoms with Crippen molar-refractivity contribution in [3.8, 4) is 22.8 Å². The molecule has 28 heteroatoms. The number of hydrogen-bond acceptors (Lipinski definition) is 22. The van der Waals surface area contributed by atoms with E-state index < -0.39 is 19.0 Å². The van der Waals surface area contributed by atoms with Crippen LogP contribution in [0.4, 0.5) is 5.69 Å². The van der Waals surface area contributed by atoms with Crippen LogP contribution in [0.25, 0.3) is 33.7 Å². The number of hydrazine groups is 2. The summed E-state index contributed by atoms with van der Waals surface area (Å²) in [5.74, 6) is 12.2. The summed E-state index contributed by atoms with van der Waals surface area (Å²) >= 11 is 1.38. The van der Waals surface area contributed by atoms with Gasteiger partial charge in [0.1, 0.15) is 12.4 Å². The zero-order valence-corrected chi connectivity index (χ0v) is 51.3. The molecule has 5 aromatic rings. The molecule has 4 amide bonds. The molecule has 1 atom stereocenters. The summed E-state index contributed by atoms with van der Waals surface area (Å²) in [6.07, 6.45) is 4.11. The molecule has 1 aromatic heterocycles. The lowest BCUT2D eigenvalue weighted by atomic mass is 9.95. The molecule has 1 unspecified atom stereocenters. The Morgan fingerprint density at radius 2 is 1.39 bits per heavy atom. The number of anilines is 1. The third-order valence-electron chi connectivity index (χ3n) is 14.0. The van der Waals surface area contributed by atoms with E-state index >= 15 is 0 Å². The van der Waals surface area contributed by atoms with Crippen molar-refractivity contribution >= 4 is 71.3 Å². The van der Waals surface area contributed by atoms with Crippen LogP contribution in [-0.2, 0) is 58.5 Å². The minimum atomic E-state index is -4.48. The normalized spacial score (nSPS) is 15.2. The molecular formula is C61H80N9O17PS. The SMILES string of the molecule is N/C(=C\N(N)CCOCCOCCOCCOCCOCCN(N)/C1=C(\N)c2ccccc2N(C(=O)CCNC(=O)CCN2C(=O)CC(SCCCCCCOP(=O)(O)O)C2=O)Cc2ccccc21)COc1c(O)ccc2c(=O)cc(-c3ccccc3)oc12. The van der Waals surface area contributed by atoms with Crippen molar-refractivity contribution in [3.05, 3.63) is 136 Å². The maximum atomic E-state index is 14.0. The number of phosphoric ester groups is 1. The minimum absolute atomic E-state index is 0.0173. The Morgan fingerprint density at radius 3 is 2.09 bits per heavy atom. The molecule has 0 aliphatic carbocycles. The third-order valence-corrected chi connectivity index (χ3v) is 15.8. The number of aromatic hydroxyl groups is 1. The number of amides is 4. The monoisotopic (exact) mass is 1270 g/mol. The van der Waals surface area contributed by atoms with Crippen molar-refractivity contribution < 1.29 is 76.0 Å². The van der Waals surface area contributed by atoms with Crippen molar-refractivity contribution in [2.24, 2.45) is 23.2 Å². The van der Waals surface area contributed by atoms with E-state index in [1.807, 2.05) is 78.9 Å². The number of imide groups is 1. The standard InChI is InChI=1S/C61H80N9O17PS/c62-45(42-85-60-50(71)19-18-48-51(72)38-52(87-59(48)60)43-12-4-3-5-13-43)41-67(64)24-27-80-29-31-82-33-35-84-36-34-83-32-30-81-28-25-70(65)58-46-15-7-6-14-44(46)40-69(49-17-9-8-16-47(49)57(58)63)55(74)20-22-66-54(73)21-23-68-56(75)39-53(61(68)76)89-37-11-2-1-10-26-86-88(77,78)79/h3-9,12-19,38,41,53,71H,1-2,10-11,20-37,39-40,42,62-65H2,(H,66,73)(H2,77,78,79)/b45-41-,58-57-. The summed E-state index contributed by atoms with van der Waals surface area (Å²) in [6, 6.07) is 28.1. The van der Waals surface area contributed by atoms with E-state index in [1.165, 1.54) is 41.2 Å². The van der Waals surface area contributed by atoms with Gasteiger partial charge in [-0.15, -0.1) is 11.8 Å². The number of ether oxygens (including phenoxy) is 6. The Hall–Kier alpha value is -7.37. The van der Waals surface area contributed by atoms with Crippen LogP contribution < -0.4 is 43.5 Å². The van der Waals surface area contributed by atoms with Gasteiger partial charge in [-0.05, 0) is 42.4 Å². The van der Waals surface area contributed by atoms with Gasteiger partial charge in [-0.25, -0.2) is 16.3 Å². The van der Waals surface area contributed by atoms with Gasteiger partial charge in [0.15, 0.2) is 16.8 Å². The fourth-order valence-electron chi connectivity index (χ4n) is 9.58. The van der Waals surface area contributed by atoms with Gasteiger partial charge in [0.2, 0.25) is 29.4 Å². The number of carbonyl (C=O) groups is 4. The maximum Gasteiger partial charge on any atom is 0.469 e. The van der Waals surface area contributed by atoms with Crippen LogP contribution >= 0.6 is 19.6 Å². The number of benzene rings is 4. The third kappa shape index (κ3) is 21.7. The van der Waals surface area contributed by atoms with E-state index in [9.17, 15) is 33.6 Å². The number of nitrogens with two attached hydrogens (primary N) is 4. The summed E-state index contributed by atoms with van der Waals surface area (Å²) in [4.78, 5) is 85.9. The summed E-state index contributed by atoms with van der Waals surface area (Å²) in [5.41, 5.74) is 17.5.